The van der Waals surface area contributed by atoms with Gasteiger partial charge < -0.3 is 19.8 Å². The second kappa shape index (κ2) is 8.88. The largest absolute Gasteiger partial charge is 0.466 e. The van der Waals surface area contributed by atoms with Gasteiger partial charge in [0.15, 0.2) is 0 Å². The smallest absolute Gasteiger partial charge is 0.309 e. The minimum atomic E-state index is -0.677. The molecule has 0 aliphatic rings. The van der Waals surface area contributed by atoms with Gasteiger partial charge in [-0.05, 0) is 24.6 Å². The lowest BCUT2D eigenvalue weighted by molar-refractivity contribution is -0.139. The van der Waals surface area contributed by atoms with E-state index >= 15 is 0 Å². The number of amides is 2. The molecule has 1 aromatic carbocycles. The molecule has 0 spiro atoms. The maximum absolute atomic E-state index is 11.8. The summed E-state index contributed by atoms with van der Waals surface area (Å²) in [5, 5.41) is 5.16. The van der Waals surface area contributed by atoms with E-state index in [1.807, 2.05) is 49.4 Å². The lowest BCUT2D eigenvalue weighted by Gasteiger charge is -2.16. The van der Waals surface area contributed by atoms with Crippen LogP contribution in [0, 0.1) is 6.92 Å². The first-order chi connectivity index (χ1) is 11.6. The average Bonchev–Trinajstić information content (AvgIpc) is 3.01. The number of hydrogen-bond acceptors (Lipinski definition) is 4. The van der Waals surface area contributed by atoms with E-state index in [4.69, 9.17) is 9.15 Å². The van der Waals surface area contributed by atoms with Crippen LogP contribution in [0.5, 0.6) is 0 Å². The summed E-state index contributed by atoms with van der Waals surface area (Å²) in [6.45, 7) is 2.42. The molecule has 2 rings (SSSR count). The maximum Gasteiger partial charge on any atom is 0.309 e. The third-order valence-electron chi connectivity index (χ3n) is 3.56. The number of ether oxygens (including phenoxy) is 1. The number of furan rings is 1. The fraction of sp³-hybridized carbons (Fsp3) is 0.333. The molecule has 0 radical (unpaired) electrons. The predicted molar refractivity (Wildman–Crippen MR) is 89.4 cm³/mol. The molecule has 2 aromatic rings. The van der Waals surface area contributed by atoms with E-state index in [2.05, 4.69) is 10.6 Å². The Morgan fingerprint density at radius 2 is 1.79 bits per heavy atom. The topological polar surface area (TPSA) is 80.6 Å². The summed E-state index contributed by atoms with van der Waals surface area (Å²) in [6, 6.07) is 13.2. The number of aryl methyl sites for hydroxylation is 1. The van der Waals surface area contributed by atoms with Crippen LogP contribution in [0.2, 0.25) is 0 Å². The molecule has 0 aliphatic carbocycles. The number of carbonyl (C=O) groups excluding carboxylic acids is 2. The SMILES string of the molecule is COC(CNC(=O)C(=O)NCCc1ccc(C)o1)c1ccccc1. The minimum absolute atomic E-state index is 0.226. The Labute approximate surface area is 141 Å². The van der Waals surface area contributed by atoms with Gasteiger partial charge in [0.25, 0.3) is 0 Å². The van der Waals surface area contributed by atoms with Crippen molar-refractivity contribution in [3.63, 3.8) is 0 Å². The molecule has 1 heterocycles. The molecule has 2 amide bonds. The van der Waals surface area contributed by atoms with E-state index in [9.17, 15) is 9.59 Å². The Morgan fingerprint density at radius 3 is 2.42 bits per heavy atom. The second-order valence-electron chi connectivity index (χ2n) is 5.36. The van der Waals surface area contributed by atoms with E-state index in [1.165, 1.54) is 0 Å². The van der Waals surface area contributed by atoms with Crippen LogP contribution in [0.3, 0.4) is 0 Å². The van der Waals surface area contributed by atoms with Crippen molar-refractivity contribution in [3.8, 4) is 0 Å². The molecular formula is C18H22N2O4. The van der Waals surface area contributed by atoms with E-state index in [-0.39, 0.29) is 12.6 Å². The number of hydrogen-bond donors (Lipinski definition) is 2. The summed E-state index contributed by atoms with van der Waals surface area (Å²) in [5.41, 5.74) is 0.939. The fourth-order valence-corrected chi connectivity index (χ4v) is 2.27. The van der Waals surface area contributed by atoms with Crippen molar-refractivity contribution in [2.24, 2.45) is 0 Å². The van der Waals surface area contributed by atoms with Gasteiger partial charge >= 0.3 is 11.8 Å². The van der Waals surface area contributed by atoms with Gasteiger partial charge in [-0.1, -0.05) is 30.3 Å². The zero-order chi connectivity index (χ0) is 17.4. The zero-order valence-electron chi connectivity index (χ0n) is 13.9. The van der Waals surface area contributed by atoms with Crippen LogP contribution in [0.1, 0.15) is 23.2 Å². The normalized spacial score (nSPS) is 11.8. The molecular weight excluding hydrogens is 308 g/mol. The van der Waals surface area contributed by atoms with Crippen molar-refractivity contribution in [2.75, 3.05) is 20.2 Å². The molecule has 0 saturated heterocycles. The minimum Gasteiger partial charge on any atom is -0.466 e. The summed E-state index contributed by atoms with van der Waals surface area (Å²) in [5.74, 6) is 0.252. The molecule has 0 bridgehead atoms. The third-order valence-corrected chi connectivity index (χ3v) is 3.56. The monoisotopic (exact) mass is 330 g/mol. The summed E-state index contributed by atoms with van der Waals surface area (Å²) in [6.07, 6.45) is 0.242. The Bertz CT molecular complexity index is 667. The maximum atomic E-state index is 11.8. The Morgan fingerprint density at radius 1 is 1.08 bits per heavy atom. The highest BCUT2D eigenvalue weighted by Gasteiger charge is 2.16. The Kier molecular flexibility index (Phi) is 6.57. The lowest BCUT2D eigenvalue weighted by atomic mass is 10.1. The number of carbonyl (C=O) groups is 2. The summed E-state index contributed by atoms with van der Waals surface area (Å²) < 4.78 is 10.7. The van der Waals surface area contributed by atoms with Gasteiger partial charge in [-0.2, -0.15) is 0 Å². The van der Waals surface area contributed by atoms with Crippen LogP contribution in [0.4, 0.5) is 0 Å². The summed E-state index contributed by atoms with van der Waals surface area (Å²) in [7, 11) is 1.56. The molecule has 24 heavy (non-hydrogen) atoms. The second-order valence-corrected chi connectivity index (χ2v) is 5.36. The molecule has 6 heteroatoms. The van der Waals surface area contributed by atoms with Crippen LogP contribution >= 0.6 is 0 Å². The van der Waals surface area contributed by atoms with E-state index in [0.29, 0.717) is 13.0 Å². The molecule has 2 N–H and O–H groups in total. The molecule has 1 aromatic heterocycles. The summed E-state index contributed by atoms with van der Waals surface area (Å²) in [4.78, 5) is 23.6. The molecule has 0 saturated carbocycles. The average molecular weight is 330 g/mol. The summed E-state index contributed by atoms with van der Waals surface area (Å²) >= 11 is 0. The van der Waals surface area contributed by atoms with E-state index < -0.39 is 11.8 Å². The van der Waals surface area contributed by atoms with Crippen LogP contribution in [0.15, 0.2) is 46.9 Å². The molecule has 6 nitrogen and oxygen atoms in total. The molecule has 0 aliphatic heterocycles. The molecule has 128 valence electrons. The van der Waals surface area contributed by atoms with Crippen LogP contribution in [-0.2, 0) is 20.7 Å². The molecule has 1 unspecified atom stereocenters. The molecule has 1 atom stereocenters. The number of nitrogens with one attached hydrogen (secondary N) is 2. The number of methoxy groups -OCH3 is 1. The lowest BCUT2D eigenvalue weighted by Crippen LogP contribution is -2.42. The Hall–Kier alpha value is -2.60. The van der Waals surface area contributed by atoms with Gasteiger partial charge in [-0.25, -0.2) is 0 Å². The third kappa shape index (κ3) is 5.24. The number of benzene rings is 1. The van der Waals surface area contributed by atoms with Crippen LogP contribution in [0.25, 0.3) is 0 Å². The van der Waals surface area contributed by atoms with Gasteiger partial charge in [-0.3, -0.25) is 9.59 Å². The van der Waals surface area contributed by atoms with Crippen molar-refractivity contribution >= 4 is 11.8 Å². The van der Waals surface area contributed by atoms with Gasteiger partial charge in [0.05, 0.1) is 6.10 Å². The van der Waals surface area contributed by atoms with Crippen molar-refractivity contribution in [1.82, 2.24) is 10.6 Å². The standard InChI is InChI=1S/C18H22N2O4/c1-13-8-9-15(24-13)10-11-19-17(21)18(22)20-12-16(23-2)14-6-4-3-5-7-14/h3-9,16H,10-12H2,1-2H3,(H,19,21)(H,20,22). The van der Waals surface area contributed by atoms with Crippen molar-refractivity contribution in [3.05, 3.63) is 59.5 Å². The van der Waals surface area contributed by atoms with E-state index in [0.717, 1.165) is 17.1 Å². The van der Waals surface area contributed by atoms with Crippen molar-refractivity contribution in [1.29, 1.82) is 0 Å². The highest BCUT2D eigenvalue weighted by Crippen LogP contribution is 2.14. The van der Waals surface area contributed by atoms with Gasteiger partial charge in [0.1, 0.15) is 11.5 Å². The first-order valence-electron chi connectivity index (χ1n) is 7.79. The van der Waals surface area contributed by atoms with E-state index in [1.54, 1.807) is 7.11 Å². The predicted octanol–water partition coefficient (Wildman–Crippen LogP) is 1.75. The highest BCUT2D eigenvalue weighted by molar-refractivity contribution is 6.35. The first kappa shape index (κ1) is 17.7. The zero-order valence-corrected chi connectivity index (χ0v) is 13.9. The van der Waals surface area contributed by atoms with Gasteiger partial charge in [0, 0.05) is 26.6 Å². The first-order valence-corrected chi connectivity index (χ1v) is 7.79. The van der Waals surface area contributed by atoms with Crippen LogP contribution in [-0.4, -0.2) is 32.0 Å². The molecule has 0 fully saturated rings. The van der Waals surface area contributed by atoms with Gasteiger partial charge in [-0.15, -0.1) is 0 Å². The number of rotatable bonds is 7. The fourth-order valence-electron chi connectivity index (χ4n) is 2.27. The van der Waals surface area contributed by atoms with Crippen molar-refractivity contribution in [2.45, 2.75) is 19.4 Å². The van der Waals surface area contributed by atoms with Crippen LogP contribution < -0.4 is 10.6 Å². The quantitative estimate of drug-likeness (QED) is 0.758. The highest BCUT2D eigenvalue weighted by atomic mass is 16.5. The van der Waals surface area contributed by atoms with Crippen molar-refractivity contribution < 1.29 is 18.7 Å². The Balaban J connectivity index is 1.73. The van der Waals surface area contributed by atoms with Gasteiger partial charge in [0.2, 0.25) is 0 Å².